The fourth-order valence-corrected chi connectivity index (χ4v) is 0.162. The molecule has 0 aliphatic carbocycles. The molecular weight excluding hydrogens is 347 g/mol. The van der Waals surface area contributed by atoms with Gasteiger partial charge in [-0.2, -0.15) is 0 Å². The molecule has 0 aromatic rings. The van der Waals surface area contributed by atoms with Gasteiger partial charge in [-0.1, -0.05) is 0 Å². The Morgan fingerprint density at radius 1 is 0.722 bits per heavy atom. The first-order valence-corrected chi connectivity index (χ1v) is 4.18. The summed E-state index contributed by atoms with van der Waals surface area (Å²) in [5.41, 5.74) is 0. The maximum absolute atomic E-state index is 9.32. The Bertz CT molecular complexity index is 75.7. The van der Waals surface area contributed by atoms with Crippen LogP contribution in [0.1, 0.15) is 0 Å². The summed E-state index contributed by atoms with van der Waals surface area (Å²) in [6, 6.07) is 0. The Labute approximate surface area is 102 Å². The van der Waals surface area contributed by atoms with Gasteiger partial charge in [0.2, 0.25) is 0 Å². The summed E-state index contributed by atoms with van der Waals surface area (Å²) >= 11 is -3.45. The predicted octanol–water partition coefficient (Wildman–Crippen LogP) is -5.48. The zero-order chi connectivity index (χ0) is 11.1. The second-order valence-corrected chi connectivity index (χ2v) is 1.91. The third-order valence-electron chi connectivity index (χ3n) is 0.158. The summed E-state index contributed by atoms with van der Waals surface area (Å²) in [6.07, 6.45) is 0. The molecule has 0 aromatic heterocycles. The van der Waals surface area contributed by atoms with Crippen molar-refractivity contribution in [2.24, 2.45) is 0 Å². The van der Waals surface area contributed by atoms with Crippen molar-refractivity contribution in [3.63, 3.8) is 0 Å². The smallest absolute Gasteiger partial charge is 0.00537 e. The van der Waals surface area contributed by atoms with Crippen LogP contribution in [0.5, 0.6) is 0 Å². The van der Waals surface area contributed by atoms with E-state index in [1.165, 1.54) is 0 Å². The van der Waals surface area contributed by atoms with Crippen molar-refractivity contribution in [2.75, 3.05) is 0 Å². The summed E-state index contributed by atoms with van der Waals surface area (Å²) in [5.74, 6) is 0. The number of hydrogen-bond acceptors (Lipinski definition) is 11. The van der Waals surface area contributed by atoms with Crippen LogP contribution in [0, 0.1) is 0 Å². The molecule has 0 aromatic carbocycles. The predicted molar refractivity (Wildman–Crippen MR) is 45.3 cm³/mol. The van der Waals surface area contributed by atoms with Gasteiger partial charge >= 0.3 is 37.3 Å². The SMILES string of the molecule is O.O.O.O.O.O=[As](O)OOO.OO.OOOOO. The molecule has 1 unspecified atom stereocenters. The van der Waals surface area contributed by atoms with Gasteiger partial charge in [0.1, 0.15) is 0 Å². The Balaban J connectivity index is -0.0000000131. The molecule has 0 heterocycles. The third-order valence-corrected chi connectivity index (χ3v) is 0.565. The minimum atomic E-state index is -3.45. The van der Waals surface area contributed by atoms with E-state index in [-0.39, 0.29) is 27.4 Å². The Morgan fingerprint density at radius 3 is 1.00 bits per heavy atom. The quantitative estimate of drug-likeness (QED) is 0.155. The Morgan fingerprint density at radius 2 is 1.00 bits per heavy atom. The van der Waals surface area contributed by atoms with Crippen molar-refractivity contribution in [3.05, 3.63) is 0 Å². The third kappa shape index (κ3) is 153. The molecule has 0 saturated heterocycles. The molecule has 18 heteroatoms. The summed E-state index contributed by atoms with van der Waals surface area (Å²) in [6.45, 7) is 0. The minimum absolute atomic E-state index is 0. The first kappa shape index (κ1) is 52.4. The first-order chi connectivity index (χ1) is 6.18. The van der Waals surface area contributed by atoms with E-state index in [4.69, 9.17) is 30.4 Å². The molecule has 17 nitrogen and oxygen atoms in total. The first-order valence-electron chi connectivity index (χ1n) is 1.81. The van der Waals surface area contributed by atoms with Crippen molar-refractivity contribution in [2.45, 2.75) is 0 Å². The van der Waals surface area contributed by atoms with Crippen molar-refractivity contribution >= 4 is 15.3 Å². The molecule has 0 bridgehead atoms. The van der Waals surface area contributed by atoms with Crippen LogP contribution in [0.2, 0.25) is 0 Å². The van der Waals surface area contributed by atoms with E-state index in [1.54, 1.807) is 0 Å². The van der Waals surface area contributed by atoms with Crippen LogP contribution in [-0.2, 0) is 27.8 Å². The molecule has 0 amide bonds. The van der Waals surface area contributed by atoms with Crippen molar-refractivity contribution in [1.29, 1.82) is 0 Å². The molecule has 123 valence electrons. The van der Waals surface area contributed by atoms with E-state index < -0.39 is 15.3 Å². The average Bonchev–Trinajstić information content (AvgIpc) is 2.10. The van der Waals surface area contributed by atoms with Crippen LogP contribution in [0.25, 0.3) is 0 Å². The average molecular weight is 363 g/mol. The molecule has 16 N–H and O–H groups in total. The summed E-state index contributed by atoms with van der Waals surface area (Å²) in [5, 5.41) is 44.5. The van der Waals surface area contributed by atoms with E-state index in [0.717, 1.165) is 0 Å². The van der Waals surface area contributed by atoms with Gasteiger partial charge < -0.3 is 27.4 Å². The number of hydrogen-bond donors (Lipinski definition) is 6. The van der Waals surface area contributed by atoms with E-state index in [9.17, 15) is 3.74 Å². The van der Waals surface area contributed by atoms with Gasteiger partial charge in [-0.3, -0.25) is 10.5 Å². The molecule has 0 aliphatic heterocycles. The van der Waals surface area contributed by atoms with Crippen molar-refractivity contribution in [1.82, 2.24) is 0 Å². The maximum Gasteiger partial charge on any atom is -0.00537 e. The van der Waals surface area contributed by atoms with Crippen molar-refractivity contribution in [3.8, 4) is 0 Å². The van der Waals surface area contributed by atoms with Gasteiger partial charge in [0.05, 0.1) is 0 Å². The van der Waals surface area contributed by atoms with Crippen molar-refractivity contribution < 1.29 is 85.5 Å². The van der Waals surface area contributed by atoms with Gasteiger partial charge in [-0.15, -0.1) is 0 Å². The Hall–Kier alpha value is -0.282. The van der Waals surface area contributed by atoms with E-state index in [2.05, 4.69) is 24.0 Å². The van der Waals surface area contributed by atoms with Gasteiger partial charge in [-0.25, -0.2) is 10.5 Å². The van der Waals surface area contributed by atoms with Gasteiger partial charge in [-0.05, 0) is 15.1 Å². The second-order valence-electron chi connectivity index (χ2n) is 0.604. The van der Waals surface area contributed by atoms with Gasteiger partial charge in [0.15, 0.2) is 0 Å². The van der Waals surface area contributed by atoms with E-state index in [0.29, 0.717) is 0 Å². The fourth-order valence-electron chi connectivity index (χ4n) is 0.0421. The largest absolute Gasteiger partial charge is 0.255 e. The monoisotopic (exact) mass is 363 g/mol. The van der Waals surface area contributed by atoms with Crippen LogP contribution in [0.15, 0.2) is 0 Å². The molecule has 0 spiro atoms. The fraction of sp³-hybridized carbons (Fsp3) is 0. The summed E-state index contributed by atoms with van der Waals surface area (Å²) in [4.78, 5) is 0. The maximum atomic E-state index is 9.32. The van der Waals surface area contributed by atoms with Crippen LogP contribution in [0.3, 0.4) is 0 Å². The molecule has 18 heavy (non-hydrogen) atoms. The molecule has 0 fully saturated rings. The van der Waals surface area contributed by atoms with Crippen LogP contribution < -0.4 is 0 Å². The molecule has 0 aliphatic rings. The molecule has 1 atom stereocenters. The van der Waals surface area contributed by atoms with E-state index in [1.807, 2.05) is 0 Å². The molecule has 0 saturated carbocycles. The normalized spacial score (nSPS) is 6.44. The zero-order valence-electron chi connectivity index (χ0n) is 8.08. The zero-order valence-corrected chi connectivity index (χ0v) is 9.96. The minimum Gasteiger partial charge on any atom is -0.255 e. The molecule has 0 rings (SSSR count). The van der Waals surface area contributed by atoms with E-state index >= 15 is 0 Å². The van der Waals surface area contributed by atoms with Gasteiger partial charge in [0, 0.05) is 0 Å². The second kappa shape index (κ2) is 69.3. The number of rotatable bonds is 4. The topological polar surface area (TPSA) is 342 Å². The van der Waals surface area contributed by atoms with Crippen LogP contribution >= 0.6 is 0 Å². The Kier molecular flexibility index (Phi) is 202. The molecular formula is H16AsO17. The summed E-state index contributed by atoms with van der Waals surface area (Å²) < 4.78 is 20.2. The standard InChI is InChI=1S/AsH2O5.H2O5.H2O2.5H2O/c2-1(3)5-6-4;1-3-5-4-2;1-2;;;;;/h4H,(H,2,3);1-2H;1-2H;5*1H2. The van der Waals surface area contributed by atoms with Gasteiger partial charge in [0.25, 0.3) is 0 Å². The molecule has 1 radical (unpaired) electrons. The van der Waals surface area contributed by atoms with Crippen LogP contribution in [-0.4, -0.2) is 73.0 Å². The van der Waals surface area contributed by atoms with Crippen LogP contribution in [0.4, 0.5) is 0 Å². The summed E-state index contributed by atoms with van der Waals surface area (Å²) in [7, 11) is 0.